The van der Waals surface area contributed by atoms with E-state index in [2.05, 4.69) is 15.1 Å². The summed E-state index contributed by atoms with van der Waals surface area (Å²) in [6.45, 7) is 5.52. The Hall–Kier alpha value is -3.24. The zero-order chi connectivity index (χ0) is 28.2. The fourth-order valence-electron chi connectivity index (χ4n) is 6.41. The molecule has 2 fully saturated rings. The van der Waals surface area contributed by atoms with Crippen LogP contribution in [0.3, 0.4) is 0 Å². The second kappa shape index (κ2) is 10.3. The van der Waals surface area contributed by atoms with Gasteiger partial charge in [0.15, 0.2) is 0 Å². The van der Waals surface area contributed by atoms with Crippen LogP contribution in [-0.4, -0.2) is 51.4 Å². The van der Waals surface area contributed by atoms with E-state index in [1.54, 1.807) is 18.5 Å². The Balaban J connectivity index is 1.35. The van der Waals surface area contributed by atoms with Crippen molar-refractivity contribution in [2.24, 2.45) is 13.0 Å². The van der Waals surface area contributed by atoms with E-state index < -0.39 is 17.6 Å². The van der Waals surface area contributed by atoms with Crippen molar-refractivity contribution in [1.82, 2.24) is 19.7 Å². The van der Waals surface area contributed by atoms with Crippen LogP contribution in [0.4, 0.5) is 18.9 Å². The van der Waals surface area contributed by atoms with E-state index in [0.717, 1.165) is 30.7 Å². The molecule has 1 saturated carbocycles. The Labute approximate surface area is 231 Å². The molecule has 0 spiro atoms. The van der Waals surface area contributed by atoms with Crippen LogP contribution in [0.2, 0.25) is 0 Å². The molecule has 10 heteroatoms. The summed E-state index contributed by atoms with van der Waals surface area (Å²) in [5, 5.41) is 8.45. The number of alkyl halides is 3. The molecule has 1 unspecified atom stereocenters. The summed E-state index contributed by atoms with van der Waals surface area (Å²) in [4.78, 5) is 17.3. The van der Waals surface area contributed by atoms with Crippen molar-refractivity contribution in [2.75, 3.05) is 24.6 Å². The van der Waals surface area contributed by atoms with E-state index >= 15 is 0 Å². The van der Waals surface area contributed by atoms with Gasteiger partial charge in [0.05, 0.1) is 24.8 Å². The quantitative estimate of drug-likeness (QED) is 0.392. The van der Waals surface area contributed by atoms with Crippen molar-refractivity contribution < 1.29 is 22.7 Å². The molecular formula is C30H34F3N5O2. The largest absolute Gasteiger partial charge is 0.416 e. The minimum Gasteiger partial charge on any atom is -0.376 e. The normalized spacial score (nSPS) is 21.8. The van der Waals surface area contributed by atoms with Crippen LogP contribution in [0.15, 0.2) is 42.7 Å². The molecule has 3 atom stereocenters. The van der Waals surface area contributed by atoms with Crippen LogP contribution >= 0.6 is 0 Å². The van der Waals surface area contributed by atoms with Gasteiger partial charge in [-0.25, -0.2) is 0 Å². The number of nitrogens with zero attached hydrogens (tertiary/aromatic N) is 5. The Bertz CT molecular complexity index is 1420. The molecule has 1 amide bonds. The van der Waals surface area contributed by atoms with Gasteiger partial charge >= 0.3 is 6.18 Å². The summed E-state index contributed by atoms with van der Waals surface area (Å²) in [6.07, 6.45) is 0.420. The summed E-state index contributed by atoms with van der Waals surface area (Å²) in [6, 6.07) is 10.2. The lowest BCUT2D eigenvalue weighted by Gasteiger charge is -2.36. The van der Waals surface area contributed by atoms with Gasteiger partial charge in [0.25, 0.3) is 5.91 Å². The molecular weight excluding hydrogens is 519 g/mol. The number of hydrogen-bond donors (Lipinski definition) is 0. The van der Waals surface area contributed by atoms with E-state index in [-0.39, 0.29) is 35.7 Å². The van der Waals surface area contributed by atoms with Crippen molar-refractivity contribution >= 4 is 11.6 Å². The lowest BCUT2D eigenvalue weighted by Crippen LogP contribution is -2.42. The molecule has 1 aromatic heterocycles. The molecule has 0 radical (unpaired) electrons. The van der Waals surface area contributed by atoms with Crippen LogP contribution in [0, 0.1) is 5.92 Å². The Kier molecular flexibility index (Phi) is 6.94. The number of carbonyl (C=O) groups excluding carboxylic acids is 1. The number of anilines is 1. The van der Waals surface area contributed by atoms with Crippen molar-refractivity contribution in [3.8, 4) is 0 Å². The Morgan fingerprint density at radius 3 is 2.58 bits per heavy atom. The van der Waals surface area contributed by atoms with Gasteiger partial charge in [-0.3, -0.25) is 9.69 Å². The highest BCUT2D eigenvalue weighted by Gasteiger charge is 2.42. The fourth-order valence-corrected chi connectivity index (χ4v) is 6.41. The first-order valence-electron chi connectivity index (χ1n) is 14.0. The average Bonchev–Trinajstić information content (AvgIpc) is 3.47. The van der Waals surface area contributed by atoms with Crippen LogP contribution < -0.4 is 4.90 Å². The number of hydrogen-bond acceptors (Lipinski definition) is 5. The molecule has 7 nitrogen and oxygen atoms in total. The molecule has 212 valence electrons. The van der Waals surface area contributed by atoms with Crippen LogP contribution in [0.1, 0.15) is 83.5 Å². The Morgan fingerprint density at radius 2 is 1.93 bits per heavy atom. The van der Waals surface area contributed by atoms with Gasteiger partial charge in [0.2, 0.25) is 0 Å². The first kappa shape index (κ1) is 27.0. The van der Waals surface area contributed by atoms with Gasteiger partial charge < -0.3 is 14.2 Å². The predicted octanol–water partition coefficient (Wildman–Crippen LogP) is 5.71. The van der Waals surface area contributed by atoms with Crippen molar-refractivity contribution in [1.29, 1.82) is 0 Å². The van der Waals surface area contributed by atoms with E-state index in [4.69, 9.17) is 4.74 Å². The molecule has 0 bridgehead atoms. The smallest absolute Gasteiger partial charge is 0.376 e. The number of fused-ring (bicyclic) bond motifs is 1. The van der Waals surface area contributed by atoms with Gasteiger partial charge in [-0.1, -0.05) is 18.6 Å². The first-order valence-corrected chi connectivity index (χ1v) is 14.0. The van der Waals surface area contributed by atoms with Crippen LogP contribution in [-0.2, 0) is 24.5 Å². The van der Waals surface area contributed by atoms with Crippen molar-refractivity contribution in [3.63, 3.8) is 0 Å². The summed E-state index contributed by atoms with van der Waals surface area (Å²) >= 11 is 0. The SMILES string of the molecule is CC(c1cc2c(c(C(F)(F)F)c1)CN(c1cccc([C@H](c3nncn3C)C3CCC3)c1)C2=O)N1CCO[C@H](C)C1. The molecule has 2 aromatic carbocycles. The fraction of sp³-hybridized carbons (Fsp3) is 0.500. The zero-order valence-electron chi connectivity index (χ0n) is 23.0. The molecule has 3 aliphatic rings. The molecule has 1 aliphatic carbocycles. The summed E-state index contributed by atoms with van der Waals surface area (Å²) in [5.74, 6) is 0.873. The molecule has 3 heterocycles. The summed E-state index contributed by atoms with van der Waals surface area (Å²) in [5.41, 5.74) is 1.53. The minimum atomic E-state index is -4.57. The molecule has 6 rings (SSSR count). The molecule has 2 aliphatic heterocycles. The predicted molar refractivity (Wildman–Crippen MR) is 144 cm³/mol. The molecule has 40 heavy (non-hydrogen) atoms. The van der Waals surface area contributed by atoms with Crippen LogP contribution in [0.5, 0.6) is 0 Å². The second-order valence-corrected chi connectivity index (χ2v) is 11.4. The maximum Gasteiger partial charge on any atom is 0.416 e. The lowest BCUT2D eigenvalue weighted by molar-refractivity contribution is -0.138. The molecule has 3 aromatic rings. The highest BCUT2D eigenvalue weighted by atomic mass is 19.4. The number of carbonyl (C=O) groups is 1. The van der Waals surface area contributed by atoms with Crippen molar-refractivity contribution in [3.05, 3.63) is 76.4 Å². The number of aryl methyl sites for hydroxylation is 1. The number of morpholine rings is 1. The number of ether oxygens (including phenoxy) is 1. The van der Waals surface area contributed by atoms with Gasteiger partial charge in [-0.05, 0) is 73.6 Å². The first-order chi connectivity index (χ1) is 19.1. The van der Waals surface area contributed by atoms with E-state index in [0.29, 0.717) is 36.9 Å². The minimum absolute atomic E-state index is 0.00224. The number of rotatable bonds is 6. The van der Waals surface area contributed by atoms with E-state index in [1.807, 2.05) is 43.7 Å². The number of benzene rings is 2. The summed E-state index contributed by atoms with van der Waals surface area (Å²) < 4.78 is 50.6. The highest BCUT2D eigenvalue weighted by Crippen LogP contribution is 2.45. The maximum atomic E-state index is 14.4. The van der Waals surface area contributed by atoms with E-state index in [1.165, 1.54) is 11.0 Å². The summed E-state index contributed by atoms with van der Waals surface area (Å²) in [7, 11) is 1.92. The topological polar surface area (TPSA) is 63.5 Å². The standard InChI is InChI=1S/C30H34F3N5O2/c1-18-15-37(10-11-40-18)19(2)22-13-24-25(26(14-22)30(31,32)33)16-38(29(24)39)23-9-5-8-21(12-23)27(20-6-4-7-20)28-35-34-17-36(28)3/h5,8-9,12-14,17-20,27H,4,6-7,10-11,15-16H2,1-3H3/t18-,19?,27-/m1/s1. The number of aromatic nitrogens is 3. The van der Waals surface area contributed by atoms with Crippen LogP contribution in [0.25, 0.3) is 0 Å². The molecule has 0 N–H and O–H groups in total. The van der Waals surface area contributed by atoms with E-state index in [9.17, 15) is 18.0 Å². The second-order valence-electron chi connectivity index (χ2n) is 11.4. The van der Waals surface area contributed by atoms with Crippen molar-refractivity contribution in [2.45, 2.75) is 63.9 Å². The number of amides is 1. The highest BCUT2D eigenvalue weighted by molar-refractivity contribution is 6.10. The third kappa shape index (κ3) is 4.81. The monoisotopic (exact) mass is 553 g/mol. The van der Waals surface area contributed by atoms with Gasteiger partial charge in [-0.2, -0.15) is 13.2 Å². The average molecular weight is 554 g/mol. The van der Waals surface area contributed by atoms with Gasteiger partial charge in [-0.15, -0.1) is 10.2 Å². The third-order valence-corrected chi connectivity index (χ3v) is 8.86. The number of halogens is 3. The zero-order valence-corrected chi connectivity index (χ0v) is 23.0. The third-order valence-electron chi connectivity index (χ3n) is 8.86. The van der Waals surface area contributed by atoms with Gasteiger partial charge in [0, 0.05) is 43.3 Å². The maximum absolute atomic E-state index is 14.4. The Morgan fingerprint density at radius 1 is 1.12 bits per heavy atom. The molecule has 1 saturated heterocycles. The van der Waals surface area contributed by atoms with Gasteiger partial charge in [0.1, 0.15) is 12.2 Å². The lowest BCUT2D eigenvalue weighted by atomic mass is 9.72.